The number of carbonyl (C=O) groups excluding carboxylic acids is 1. The molecule has 1 fully saturated rings. The van der Waals surface area contributed by atoms with E-state index in [0.29, 0.717) is 6.54 Å². The normalized spacial score (nSPS) is 17.4. The predicted molar refractivity (Wildman–Crippen MR) is 73.7 cm³/mol. The van der Waals surface area contributed by atoms with E-state index in [4.69, 9.17) is 10.7 Å². The van der Waals surface area contributed by atoms with E-state index in [1.54, 1.807) is 0 Å². The van der Waals surface area contributed by atoms with Crippen molar-refractivity contribution in [3.63, 3.8) is 0 Å². The molecule has 110 valence electrons. The van der Waals surface area contributed by atoms with E-state index in [-0.39, 0.29) is 11.0 Å². The number of halogens is 2. The molecule has 1 saturated carbocycles. The lowest BCUT2D eigenvalue weighted by molar-refractivity contribution is 0.0890. The van der Waals surface area contributed by atoms with Crippen LogP contribution in [0.3, 0.4) is 0 Å². The van der Waals surface area contributed by atoms with Gasteiger partial charge in [-0.3, -0.25) is 4.79 Å². The first-order chi connectivity index (χ1) is 9.21. The lowest BCUT2D eigenvalue weighted by Gasteiger charge is -2.38. The number of carbonyl (C=O) groups is 1. The summed E-state index contributed by atoms with van der Waals surface area (Å²) < 4.78 is 35.8. The maximum atomic E-state index is 13.4. The summed E-state index contributed by atoms with van der Waals surface area (Å²) in [6, 6.07) is 3.12. The van der Waals surface area contributed by atoms with Crippen molar-refractivity contribution in [1.82, 2.24) is 5.32 Å². The molecule has 0 aromatic heterocycles. The van der Waals surface area contributed by atoms with Gasteiger partial charge < -0.3 is 5.32 Å². The van der Waals surface area contributed by atoms with E-state index >= 15 is 0 Å². The standard InChI is InChI=1S/C13H15ClFNO3S/c1-13(5-2-6-13)8-16-12(17)9-3-4-10(15)11(7-9)20(14,18)19/h3-4,7H,2,5-6,8H2,1H3,(H,16,17). The van der Waals surface area contributed by atoms with Crippen molar-refractivity contribution >= 4 is 25.6 Å². The maximum Gasteiger partial charge on any atom is 0.264 e. The Kier molecular flexibility index (Phi) is 4.07. The van der Waals surface area contributed by atoms with Gasteiger partial charge in [-0.05, 0) is 36.5 Å². The SMILES string of the molecule is CC1(CNC(=O)c2ccc(F)c(S(=O)(=O)Cl)c2)CCC1. The molecule has 0 unspecified atom stereocenters. The second-order valence-corrected chi connectivity index (χ2v) is 7.96. The molecule has 0 saturated heterocycles. The van der Waals surface area contributed by atoms with Gasteiger partial charge in [-0.1, -0.05) is 13.3 Å². The average Bonchev–Trinajstić information content (AvgIpc) is 2.32. The topological polar surface area (TPSA) is 63.2 Å². The zero-order valence-corrected chi connectivity index (χ0v) is 12.5. The third-order valence-corrected chi connectivity index (χ3v) is 5.03. The van der Waals surface area contributed by atoms with Gasteiger partial charge >= 0.3 is 0 Å². The first-order valence-corrected chi connectivity index (χ1v) is 8.55. The van der Waals surface area contributed by atoms with Crippen LogP contribution in [0.15, 0.2) is 23.1 Å². The smallest absolute Gasteiger partial charge is 0.264 e. The highest BCUT2D eigenvalue weighted by atomic mass is 35.7. The molecule has 1 N–H and O–H groups in total. The highest BCUT2D eigenvalue weighted by Crippen LogP contribution is 2.39. The molecule has 0 bridgehead atoms. The molecular weight excluding hydrogens is 305 g/mol. The van der Waals surface area contributed by atoms with Crippen molar-refractivity contribution in [2.45, 2.75) is 31.1 Å². The Bertz CT molecular complexity index is 641. The summed E-state index contributed by atoms with van der Waals surface area (Å²) in [5, 5.41) is 2.74. The van der Waals surface area contributed by atoms with Crippen LogP contribution in [0.5, 0.6) is 0 Å². The van der Waals surface area contributed by atoms with E-state index < -0.39 is 25.7 Å². The Morgan fingerprint density at radius 1 is 1.45 bits per heavy atom. The van der Waals surface area contributed by atoms with Crippen LogP contribution >= 0.6 is 10.7 Å². The van der Waals surface area contributed by atoms with Crippen LogP contribution < -0.4 is 5.32 Å². The van der Waals surface area contributed by atoms with Gasteiger partial charge in [-0.25, -0.2) is 12.8 Å². The van der Waals surface area contributed by atoms with Crippen LogP contribution in [0.25, 0.3) is 0 Å². The Balaban J connectivity index is 2.14. The molecule has 0 heterocycles. The molecule has 4 nitrogen and oxygen atoms in total. The summed E-state index contributed by atoms with van der Waals surface area (Å²) in [6.45, 7) is 2.60. The molecule has 0 radical (unpaired) electrons. The fourth-order valence-electron chi connectivity index (χ4n) is 2.18. The monoisotopic (exact) mass is 319 g/mol. The molecular formula is C13H15ClFNO3S. The minimum atomic E-state index is -4.21. The first kappa shape index (κ1) is 15.3. The molecule has 2 rings (SSSR count). The Morgan fingerprint density at radius 3 is 2.60 bits per heavy atom. The van der Waals surface area contributed by atoms with Crippen LogP contribution in [-0.2, 0) is 9.05 Å². The summed E-state index contributed by atoms with van der Waals surface area (Å²) in [5.41, 5.74) is 0.186. The van der Waals surface area contributed by atoms with Gasteiger partial charge in [0.2, 0.25) is 0 Å². The number of amides is 1. The number of benzene rings is 1. The van der Waals surface area contributed by atoms with Crippen LogP contribution in [0.2, 0.25) is 0 Å². The van der Waals surface area contributed by atoms with Gasteiger partial charge in [0.1, 0.15) is 10.7 Å². The minimum absolute atomic E-state index is 0.0774. The van der Waals surface area contributed by atoms with E-state index in [2.05, 4.69) is 12.2 Å². The third-order valence-electron chi connectivity index (χ3n) is 3.69. The van der Waals surface area contributed by atoms with E-state index in [1.807, 2.05) is 0 Å². The van der Waals surface area contributed by atoms with E-state index in [0.717, 1.165) is 31.4 Å². The maximum absolute atomic E-state index is 13.4. The second kappa shape index (κ2) is 5.33. The number of rotatable bonds is 4. The van der Waals surface area contributed by atoms with Crippen LogP contribution in [0.1, 0.15) is 36.5 Å². The van der Waals surface area contributed by atoms with Gasteiger partial charge in [0, 0.05) is 22.8 Å². The minimum Gasteiger partial charge on any atom is -0.351 e. The molecule has 1 aromatic carbocycles. The van der Waals surface area contributed by atoms with E-state index in [1.165, 1.54) is 6.07 Å². The number of hydrogen-bond donors (Lipinski definition) is 1. The largest absolute Gasteiger partial charge is 0.351 e. The summed E-state index contributed by atoms with van der Waals surface area (Å²) >= 11 is 0. The molecule has 0 atom stereocenters. The molecule has 0 aliphatic heterocycles. The van der Waals surface area contributed by atoms with E-state index in [9.17, 15) is 17.6 Å². The number of hydrogen-bond acceptors (Lipinski definition) is 3. The molecule has 1 aromatic rings. The lowest BCUT2D eigenvalue weighted by Crippen LogP contribution is -2.39. The fraction of sp³-hybridized carbons (Fsp3) is 0.462. The summed E-state index contributed by atoms with van der Waals surface area (Å²) in [7, 11) is 0.913. The number of nitrogens with one attached hydrogen (secondary N) is 1. The van der Waals surface area contributed by atoms with Gasteiger partial charge in [-0.15, -0.1) is 0 Å². The van der Waals surface area contributed by atoms with Crippen LogP contribution in [0, 0.1) is 11.2 Å². The molecule has 0 spiro atoms. The molecule has 1 aliphatic carbocycles. The van der Waals surface area contributed by atoms with Gasteiger partial charge in [0.15, 0.2) is 0 Å². The molecule has 1 amide bonds. The molecule has 7 heteroatoms. The first-order valence-electron chi connectivity index (χ1n) is 6.24. The third kappa shape index (κ3) is 3.30. The van der Waals surface area contributed by atoms with Gasteiger partial charge in [0.25, 0.3) is 15.0 Å². The second-order valence-electron chi connectivity index (χ2n) is 5.43. The summed E-state index contributed by atoms with van der Waals surface area (Å²) in [5.74, 6) is -1.40. The Labute approximate surface area is 121 Å². The zero-order valence-electron chi connectivity index (χ0n) is 10.9. The highest BCUT2D eigenvalue weighted by Gasteiger charge is 2.32. The highest BCUT2D eigenvalue weighted by molar-refractivity contribution is 8.13. The zero-order chi connectivity index (χ0) is 15.0. The van der Waals surface area contributed by atoms with Gasteiger partial charge in [0.05, 0.1) is 0 Å². The molecule has 1 aliphatic rings. The van der Waals surface area contributed by atoms with Crippen molar-refractivity contribution in [3.05, 3.63) is 29.6 Å². The summed E-state index contributed by atoms with van der Waals surface area (Å²) in [6.07, 6.45) is 3.26. The Hall–Kier alpha value is -1.14. The fourth-order valence-corrected chi connectivity index (χ4v) is 3.11. The van der Waals surface area contributed by atoms with Crippen LogP contribution in [0.4, 0.5) is 4.39 Å². The predicted octanol–water partition coefficient (Wildman–Crippen LogP) is 2.67. The lowest BCUT2D eigenvalue weighted by atomic mass is 9.70. The quantitative estimate of drug-likeness (QED) is 0.868. The van der Waals surface area contributed by atoms with Crippen molar-refractivity contribution in [1.29, 1.82) is 0 Å². The van der Waals surface area contributed by atoms with Crippen LogP contribution in [-0.4, -0.2) is 20.9 Å². The van der Waals surface area contributed by atoms with Crippen molar-refractivity contribution in [2.24, 2.45) is 5.41 Å². The average molecular weight is 320 g/mol. The van der Waals surface area contributed by atoms with Crippen molar-refractivity contribution in [3.8, 4) is 0 Å². The molecule has 20 heavy (non-hydrogen) atoms. The van der Waals surface area contributed by atoms with Crippen molar-refractivity contribution in [2.75, 3.05) is 6.54 Å². The van der Waals surface area contributed by atoms with Gasteiger partial charge in [-0.2, -0.15) is 0 Å². The van der Waals surface area contributed by atoms with Crippen molar-refractivity contribution < 1.29 is 17.6 Å². The Morgan fingerprint density at radius 2 is 2.10 bits per heavy atom. The summed E-state index contributed by atoms with van der Waals surface area (Å²) in [4.78, 5) is 11.3.